The maximum absolute atomic E-state index is 4.43. The van der Waals surface area contributed by atoms with E-state index in [0.29, 0.717) is 0 Å². The minimum absolute atomic E-state index is 0.0352. The molecule has 0 aromatic heterocycles. The Kier molecular flexibility index (Phi) is 3.30. The van der Waals surface area contributed by atoms with E-state index >= 15 is 0 Å². The zero-order chi connectivity index (χ0) is 10.2. The van der Waals surface area contributed by atoms with Crippen molar-refractivity contribution in [2.24, 2.45) is 5.41 Å². The van der Waals surface area contributed by atoms with E-state index in [1.165, 1.54) is 0 Å². The predicted molar refractivity (Wildman–Crippen MR) is 59.2 cm³/mol. The van der Waals surface area contributed by atoms with Crippen LogP contribution >= 0.6 is 12.8 Å². The molecule has 0 aliphatic heterocycles. The average molecular weight is 187 g/mol. The highest BCUT2D eigenvalue weighted by Gasteiger charge is 2.26. The molecule has 0 aromatic carbocycles. The first-order valence-corrected chi connectivity index (χ1v) is 4.65. The van der Waals surface area contributed by atoms with Crippen LogP contribution < -0.4 is 0 Å². The lowest BCUT2D eigenvalue weighted by Crippen LogP contribution is -2.36. The van der Waals surface area contributed by atoms with Gasteiger partial charge in [0.2, 0.25) is 0 Å². The van der Waals surface area contributed by atoms with Crippen LogP contribution in [-0.2, 0) is 0 Å². The van der Waals surface area contributed by atoms with Gasteiger partial charge in [-0.3, -0.25) is 0 Å². The summed E-state index contributed by atoms with van der Waals surface area (Å²) in [7, 11) is 0. The fourth-order valence-corrected chi connectivity index (χ4v) is 1.02. The zero-order valence-corrected chi connectivity index (χ0v) is 10.00. The summed E-state index contributed by atoms with van der Waals surface area (Å²) in [5.41, 5.74) is 1.18. The number of hydrogen-bond donors (Lipinski definition) is 1. The van der Waals surface area contributed by atoms with Crippen molar-refractivity contribution >= 4 is 12.8 Å². The van der Waals surface area contributed by atoms with E-state index in [0.717, 1.165) is 5.70 Å². The van der Waals surface area contributed by atoms with Crippen LogP contribution in [0.3, 0.4) is 0 Å². The third kappa shape index (κ3) is 3.10. The Bertz CT molecular complexity index is 171. The minimum Gasteiger partial charge on any atom is -0.317 e. The average Bonchev–Trinajstić information content (AvgIpc) is 1.80. The van der Waals surface area contributed by atoms with Crippen LogP contribution in [0, 0.1) is 5.41 Å². The highest BCUT2D eigenvalue weighted by molar-refractivity contribution is 7.77. The van der Waals surface area contributed by atoms with E-state index in [4.69, 9.17) is 0 Å². The molecule has 0 N–H and O–H groups in total. The lowest BCUT2D eigenvalue weighted by atomic mass is 9.91. The van der Waals surface area contributed by atoms with Crippen molar-refractivity contribution in [3.8, 4) is 0 Å². The standard InChI is InChI=1S/C10H21NS/c1-8(9(2,3)4)11(12)10(5,6)7/h12H,1H2,2-7H3. The lowest BCUT2D eigenvalue weighted by Gasteiger charge is -2.39. The second-order valence-electron chi connectivity index (χ2n) is 5.18. The maximum Gasteiger partial charge on any atom is 0.0425 e. The number of thiol groups is 1. The molecule has 0 fully saturated rings. The predicted octanol–water partition coefficient (Wildman–Crippen LogP) is 3.49. The molecule has 0 unspecified atom stereocenters. The molecule has 0 heterocycles. The third-order valence-electron chi connectivity index (χ3n) is 1.76. The van der Waals surface area contributed by atoms with Crippen LogP contribution in [0.1, 0.15) is 41.5 Å². The first kappa shape index (κ1) is 11.9. The van der Waals surface area contributed by atoms with Gasteiger partial charge in [0.25, 0.3) is 0 Å². The van der Waals surface area contributed by atoms with Crippen molar-refractivity contribution < 1.29 is 0 Å². The van der Waals surface area contributed by atoms with Crippen molar-refractivity contribution in [3.63, 3.8) is 0 Å². The normalized spacial score (nSPS) is 12.9. The van der Waals surface area contributed by atoms with Gasteiger partial charge in [-0.25, -0.2) is 0 Å². The Labute approximate surface area is 82.4 Å². The molecule has 0 bridgehead atoms. The Balaban J connectivity index is 4.53. The van der Waals surface area contributed by atoms with E-state index in [-0.39, 0.29) is 11.0 Å². The van der Waals surface area contributed by atoms with Gasteiger partial charge in [-0.15, -0.1) is 0 Å². The number of allylic oxidation sites excluding steroid dienone is 1. The lowest BCUT2D eigenvalue weighted by molar-refractivity contribution is 0.272. The van der Waals surface area contributed by atoms with Crippen LogP contribution in [0.2, 0.25) is 0 Å². The Morgan fingerprint density at radius 2 is 1.42 bits per heavy atom. The Morgan fingerprint density at radius 1 is 1.08 bits per heavy atom. The summed E-state index contributed by atoms with van der Waals surface area (Å²) >= 11 is 4.43. The fraction of sp³-hybridized carbons (Fsp3) is 0.800. The molecule has 0 rings (SSSR count). The van der Waals surface area contributed by atoms with Crippen molar-refractivity contribution in [1.82, 2.24) is 4.31 Å². The molecule has 0 aliphatic rings. The summed E-state index contributed by atoms with van der Waals surface area (Å²) in [5.74, 6) is 0. The summed E-state index contributed by atoms with van der Waals surface area (Å²) in [6.07, 6.45) is 0. The molecule has 0 aliphatic carbocycles. The molecule has 2 heteroatoms. The van der Waals surface area contributed by atoms with Gasteiger partial charge in [-0.1, -0.05) is 40.2 Å². The molecule has 0 saturated heterocycles. The zero-order valence-electron chi connectivity index (χ0n) is 9.10. The molecule has 0 amide bonds. The second-order valence-corrected chi connectivity index (χ2v) is 5.58. The summed E-state index contributed by atoms with van der Waals surface area (Å²) < 4.78 is 1.94. The fourth-order valence-electron chi connectivity index (χ4n) is 0.723. The maximum atomic E-state index is 4.43. The molecule has 72 valence electrons. The smallest absolute Gasteiger partial charge is 0.0425 e. The van der Waals surface area contributed by atoms with Crippen molar-refractivity contribution in [3.05, 3.63) is 12.3 Å². The number of rotatable bonds is 1. The first-order chi connectivity index (χ1) is 5.07. The molecule has 0 atom stereocenters. The summed E-state index contributed by atoms with van der Waals surface area (Å²) in [4.78, 5) is 0. The number of nitrogens with zero attached hydrogens (tertiary/aromatic N) is 1. The highest BCUT2D eigenvalue weighted by Crippen LogP contribution is 2.32. The molecule has 0 aromatic rings. The first-order valence-electron chi connectivity index (χ1n) is 4.25. The molecule has 0 saturated carbocycles. The van der Waals surface area contributed by atoms with Gasteiger partial charge in [0.05, 0.1) is 0 Å². The summed E-state index contributed by atoms with van der Waals surface area (Å²) in [5, 5.41) is 0. The minimum atomic E-state index is 0.0352. The van der Waals surface area contributed by atoms with Crippen LogP contribution in [0.4, 0.5) is 0 Å². The Morgan fingerprint density at radius 3 is 1.50 bits per heavy atom. The van der Waals surface area contributed by atoms with Crippen LogP contribution in [0.15, 0.2) is 12.3 Å². The van der Waals surface area contributed by atoms with Crippen LogP contribution in [-0.4, -0.2) is 9.84 Å². The van der Waals surface area contributed by atoms with E-state index in [1.807, 2.05) is 4.31 Å². The van der Waals surface area contributed by atoms with Crippen molar-refractivity contribution in [1.29, 1.82) is 0 Å². The summed E-state index contributed by atoms with van der Waals surface area (Å²) in [6, 6.07) is 0. The largest absolute Gasteiger partial charge is 0.317 e. The van der Waals surface area contributed by atoms with E-state index < -0.39 is 0 Å². The van der Waals surface area contributed by atoms with Gasteiger partial charge >= 0.3 is 0 Å². The molecular weight excluding hydrogens is 166 g/mol. The van der Waals surface area contributed by atoms with Gasteiger partial charge in [0.1, 0.15) is 0 Å². The molecule has 12 heavy (non-hydrogen) atoms. The van der Waals surface area contributed by atoms with Gasteiger partial charge in [0.15, 0.2) is 0 Å². The van der Waals surface area contributed by atoms with Gasteiger partial charge < -0.3 is 4.31 Å². The molecule has 1 nitrogen and oxygen atoms in total. The van der Waals surface area contributed by atoms with Gasteiger partial charge in [-0.05, 0) is 20.8 Å². The summed E-state index contributed by atoms with van der Waals surface area (Å²) in [6.45, 7) is 16.8. The second kappa shape index (κ2) is 3.33. The quantitative estimate of drug-likeness (QED) is 0.615. The molecule has 0 spiro atoms. The van der Waals surface area contributed by atoms with E-state index in [2.05, 4.69) is 60.9 Å². The van der Waals surface area contributed by atoms with E-state index in [9.17, 15) is 0 Å². The monoisotopic (exact) mass is 187 g/mol. The molecular formula is C10H21NS. The SMILES string of the molecule is C=C(N(S)C(C)(C)C)C(C)(C)C. The topological polar surface area (TPSA) is 3.24 Å². The molecule has 0 radical (unpaired) electrons. The highest BCUT2D eigenvalue weighted by atomic mass is 32.1. The van der Waals surface area contributed by atoms with Gasteiger partial charge in [0, 0.05) is 16.7 Å². The van der Waals surface area contributed by atoms with Crippen LogP contribution in [0.25, 0.3) is 0 Å². The van der Waals surface area contributed by atoms with Crippen molar-refractivity contribution in [2.45, 2.75) is 47.1 Å². The number of hydrogen-bond acceptors (Lipinski definition) is 2. The van der Waals surface area contributed by atoms with Gasteiger partial charge in [-0.2, -0.15) is 0 Å². The Hall–Kier alpha value is -0.110. The van der Waals surface area contributed by atoms with Crippen LogP contribution in [0.5, 0.6) is 0 Å². The van der Waals surface area contributed by atoms with Crippen molar-refractivity contribution in [2.75, 3.05) is 0 Å². The van der Waals surface area contributed by atoms with E-state index in [1.54, 1.807) is 0 Å². The third-order valence-corrected chi connectivity index (χ3v) is 2.60.